The molecule has 4 heteroatoms. The van der Waals surface area contributed by atoms with E-state index in [1.54, 1.807) is 0 Å². The van der Waals surface area contributed by atoms with Gasteiger partial charge in [0, 0.05) is 18.0 Å². The molecule has 0 spiro atoms. The van der Waals surface area contributed by atoms with Gasteiger partial charge >= 0.3 is 0 Å². The first kappa shape index (κ1) is 20.4. The number of carbonyl (C=O) groups excluding carboxylic acids is 1. The number of likely N-dealkylation sites (tertiary alicyclic amines) is 1. The molecule has 0 radical (unpaired) electrons. The Kier molecular flexibility index (Phi) is 6.34. The van der Waals surface area contributed by atoms with Gasteiger partial charge in [-0.25, -0.2) is 0 Å². The average Bonchev–Trinajstić information content (AvgIpc) is 3.18. The fraction of sp³-hybridized carbons (Fsp3) is 0.346. The third kappa shape index (κ3) is 4.65. The predicted octanol–water partition coefficient (Wildman–Crippen LogP) is 5.34. The molecule has 0 aliphatic carbocycles. The first-order valence-electron chi connectivity index (χ1n) is 10.9. The molecule has 3 aromatic rings. The molecule has 4 rings (SSSR count). The Labute approximate surface area is 178 Å². The molecule has 2 unspecified atom stereocenters. The van der Waals surface area contributed by atoms with E-state index in [0.29, 0.717) is 6.04 Å². The quantitative estimate of drug-likeness (QED) is 0.580. The van der Waals surface area contributed by atoms with E-state index in [0.717, 1.165) is 40.8 Å². The fourth-order valence-corrected chi connectivity index (χ4v) is 4.25. The maximum absolute atomic E-state index is 12.6. The summed E-state index contributed by atoms with van der Waals surface area (Å²) in [7, 11) is 2.17. The van der Waals surface area contributed by atoms with Gasteiger partial charge in [-0.15, -0.1) is 0 Å². The maximum atomic E-state index is 12.6. The Hall–Kier alpha value is -2.85. The van der Waals surface area contributed by atoms with Crippen LogP contribution < -0.4 is 10.1 Å². The van der Waals surface area contributed by atoms with Crippen molar-refractivity contribution < 1.29 is 9.53 Å². The van der Waals surface area contributed by atoms with Gasteiger partial charge in [0.15, 0.2) is 0 Å². The number of rotatable bonds is 7. The summed E-state index contributed by atoms with van der Waals surface area (Å²) >= 11 is 0. The molecular weight excluding hydrogens is 372 g/mol. The summed E-state index contributed by atoms with van der Waals surface area (Å²) in [5, 5.41) is 5.35. The highest BCUT2D eigenvalue weighted by Crippen LogP contribution is 2.30. The van der Waals surface area contributed by atoms with Gasteiger partial charge < -0.3 is 15.0 Å². The van der Waals surface area contributed by atoms with Crippen LogP contribution in [0.2, 0.25) is 0 Å². The van der Waals surface area contributed by atoms with Crippen molar-refractivity contribution in [3.05, 3.63) is 72.3 Å². The van der Waals surface area contributed by atoms with Crippen molar-refractivity contribution >= 4 is 16.7 Å². The molecule has 1 aliphatic heterocycles. The van der Waals surface area contributed by atoms with Crippen molar-refractivity contribution in [2.75, 3.05) is 20.1 Å². The summed E-state index contributed by atoms with van der Waals surface area (Å²) in [4.78, 5) is 15.0. The predicted molar refractivity (Wildman–Crippen MR) is 122 cm³/mol. The van der Waals surface area contributed by atoms with Crippen LogP contribution in [-0.4, -0.2) is 37.0 Å². The van der Waals surface area contributed by atoms with Crippen LogP contribution in [0.25, 0.3) is 10.8 Å². The molecule has 0 bridgehead atoms. The largest absolute Gasteiger partial charge is 0.457 e. The third-order valence-electron chi connectivity index (χ3n) is 6.20. The molecule has 1 N–H and O–H groups in total. The van der Waals surface area contributed by atoms with E-state index in [2.05, 4.69) is 35.5 Å². The SMILES string of the molecule is CC(C(=O)NCCC1CCCN1C)c1ccc(Oc2cccc3ccccc23)cc1. The molecule has 1 amide bonds. The van der Waals surface area contributed by atoms with Gasteiger partial charge in [0.2, 0.25) is 5.91 Å². The first-order chi connectivity index (χ1) is 14.6. The zero-order valence-electron chi connectivity index (χ0n) is 17.8. The molecule has 2 atom stereocenters. The zero-order valence-corrected chi connectivity index (χ0v) is 17.8. The number of ether oxygens (including phenoxy) is 1. The number of amides is 1. The minimum Gasteiger partial charge on any atom is -0.457 e. The van der Waals surface area contributed by atoms with E-state index in [-0.39, 0.29) is 11.8 Å². The number of carbonyl (C=O) groups is 1. The van der Waals surface area contributed by atoms with Gasteiger partial charge in [0.25, 0.3) is 0 Å². The summed E-state index contributed by atoms with van der Waals surface area (Å²) in [6.07, 6.45) is 3.52. The summed E-state index contributed by atoms with van der Waals surface area (Å²) in [6.45, 7) is 3.86. The lowest BCUT2D eigenvalue weighted by atomic mass is 10.00. The Bertz CT molecular complexity index is 994. The van der Waals surface area contributed by atoms with Crippen molar-refractivity contribution in [3.63, 3.8) is 0 Å². The van der Waals surface area contributed by atoms with E-state index in [1.165, 1.54) is 19.4 Å². The summed E-state index contributed by atoms with van der Waals surface area (Å²) < 4.78 is 6.11. The van der Waals surface area contributed by atoms with Crippen molar-refractivity contribution in [1.82, 2.24) is 10.2 Å². The standard InChI is InChI=1S/C26H30N2O2/c1-19(26(29)27-17-16-22-9-6-18-28(22)2)20-12-14-23(15-13-20)30-25-11-5-8-21-7-3-4-10-24(21)25/h3-5,7-8,10-15,19,22H,6,9,16-18H2,1-2H3,(H,27,29). The van der Waals surface area contributed by atoms with Gasteiger partial charge in [-0.3, -0.25) is 4.79 Å². The summed E-state index contributed by atoms with van der Waals surface area (Å²) in [6, 6.07) is 22.7. The molecule has 1 aliphatic rings. The Morgan fingerprint density at radius 3 is 2.63 bits per heavy atom. The molecule has 4 nitrogen and oxygen atoms in total. The van der Waals surface area contributed by atoms with Crippen LogP contribution in [0.4, 0.5) is 0 Å². The Morgan fingerprint density at radius 2 is 1.87 bits per heavy atom. The van der Waals surface area contributed by atoms with E-state index < -0.39 is 0 Å². The number of fused-ring (bicyclic) bond motifs is 1. The monoisotopic (exact) mass is 402 g/mol. The van der Waals surface area contributed by atoms with Crippen LogP contribution in [0.1, 0.15) is 37.7 Å². The molecule has 30 heavy (non-hydrogen) atoms. The number of benzene rings is 3. The highest BCUT2D eigenvalue weighted by Gasteiger charge is 2.21. The van der Waals surface area contributed by atoms with Gasteiger partial charge in [0.05, 0.1) is 5.92 Å². The molecule has 1 saturated heterocycles. The number of nitrogens with zero attached hydrogens (tertiary/aromatic N) is 1. The lowest BCUT2D eigenvalue weighted by Crippen LogP contribution is -2.33. The minimum absolute atomic E-state index is 0.0818. The van der Waals surface area contributed by atoms with Crippen molar-refractivity contribution in [1.29, 1.82) is 0 Å². The third-order valence-corrected chi connectivity index (χ3v) is 6.20. The highest BCUT2D eigenvalue weighted by atomic mass is 16.5. The molecule has 0 aromatic heterocycles. The van der Waals surface area contributed by atoms with Gasteiger partial charge in [-0.2, -0.15) is 0 Å². The van der Waals surface area contributed by atoms with Gasteiger partial charge in [-0.05, 0) is 68.9 Å². The van der Waals surface area contributed by atoms with Crippen molar-refractivity contribution in [3.8, 4) is 11.5 Å². The van der Waals surface area contributed by atoms with Crippen molar-refractivity contribution in [2.45, 2.75) is 38.1 Å². The topological polar surface area (TPSA) is 41.6 Å². The lowest BCUT2D eigenvalue weighted by Gasteiger charge is -2.20. The second kappa shape index (κ2) is 9.31. The van der Waals surface area contributed by atoms with E-state index in [4.69, 9.17) is 4.74 Å². The number of hydrogen-bond acceptors (Lipinski definition) is 3. The molecule has 1 fully saturated rings. The van der Waals surface area contributed by atoms with Gasteiger partial charge in [-0.1, -0.05) is 48.5 Å². The normalized spacial score (nSPS) is 17.7. The van der Waals surface area contributed by atoms with Gasteiger partial charge in [0.1, 0.15) is 11.5 Å². The van der Waals surface area contributed by atoms with Crippen molar-refractivity contribution in [2.24, 2.45) is 0 Å². The zero-order chi connectivity index (χ0) is 20.9. The van der Waals surface area contributed by atoms with Crippen LogP contribution in [-0.2, 0) is 4.79 Å². The van der Waals surface area contributed by atoms with E-state index in [9.17, 15) is 4.79 Å². The fourth-order valence-electron chi connectivity index (χ4n) is 4.25. The van der Waals surface area contributed by atoms with Crippen LogP contribution in [0.3, 0.4) is 0 Å². The van der Waals surface area contributed by atoms with Crippen LogP contribution in [0.5, 0.6) is 11.5 Å². The van der Waals surface area contributed by atoms with Crippen LogP contribution in [0.15, 0.2) is 66.7 Å². The average molecular weight is 403 g/mol. The molecule has 0 saturated carbocycles. The maximum Gasteiger partial charge on any atom is 0.227 e. The lowest BCUT2D eigenvalue weighted by molar-refractivity contribution is -0.122. The minimum atomic E-state index is -0.182. The van der Waals surface area contributed by atoms with Crippen LogP contribution >= 0.6 is 0 Å². The molecular formula is C26H30N2O2. The van der Waals surface area contributed by atoms with Crippen LogP contribution in [0, 0.1) is 0 Å². The second-order valence-electron chi connectivity index (χ2n) is 8.23. The Balaban J connectivity index is 1.35. The first-order valence-corrected chi connectivity index (χ1v) is 10.9. The highest BCUT2D eigenvalue weighted by molar-refractivity contribution is 5.88. The molecule has 1 heterocycles. The summed E-state index contributed by atoms with van der Waals surface area (Å²) in [5.74, 6) is 1.51. The number of hydrogen-bond donors (Lipinski definition) is 1. The smallest absolute Gasteiger partial charge is 0.227 e. The summed E-state index contributed by atoms with van der Waals surface area (Å²) in [5.41, 5.74) is 0.996. The van der Waals surface area contributed by atoms with E-state index >= 15 is 0 Å². The number of nitrogens with one attached hydrogen (secondary N) is 1. The molecule has 156 valence electrons. The molecule has 3 aromatic carbocycles. The van der Waals surface area contributed by atoms with E-state index in [1.807, 2.05) is 55.5 Å². The second-order valence-corrected chi connectivity index (χ2v) is 8.23. The Morgan fingerprint density at radius 1 is 1.10 bits per heavy atom.